The minimum absolute atomic E-state index is 0.0305. The van der Waals surface area contributed by atoms with Crippen molar-refractivity contribution in [1.29, 1.82) is 0 Å². The first-order chi connectivity index (χ1) is 9.20. The fourth-order valence-electron chi connectivity index (χ4n) is 1.50. The van der Waals surface area contributed by atoms with E-state index in [1.807, 2.05) is 6.92 Å². The molecule has 0 saturated heterocycles. The van der Waals surface area contributed by atoms with Crippen LogP contribution in [-0.2, 0) is 13.2 Å². The zero-order valence-corrected chi connectivity index (χ0v) is 11.2. The third-order valence-electron chi connectivity index (χ3n) is 2.45. The molecule has 0 aliphatic carbocycles. The summed E-state index contributed by atoms with van der Waals surface area (Å²) >= 11 is 5.66. The van der Waals surface area contributed by atoms with Crippen LogP contribution in [0.4, 0.5) is 4.39 Å². The van der Waals surface area contributed by atoms with Gasteiger partial charge in [-0.25, -0.2) is 4.39 Å². The molecule has 0 spiro atoms. The topological polar surface area (TPSA) is 47.3 Å². The molecule has 102 valence electrons. The van der Waals surface area contributed by atoms with Crippen molar-refractivity contribution < 1.29 is 13.7 Å². The van der Waals surface area contributed by atoms with Crippen LogP contribution in [0.15, 0.2) is 28.8 Å². The van der Waals surface area contributed by atoms with E-state index in [0.29, 0.717) is 12.3 Å². The van der Waals surface area contributed by atoms with E-state index in [-0.39, 0.29) is 17.4 Å². The molecule has 0 radical (unpaired) electrons. The molecule has 0 unspecified atom stereocenters. The highest BCUT2D eigenvalue weighted by Gasteiger charge is 2.09. The van der Waals surface area contributed by atoms with Crippen LogP contribution in [0, 0.1) is 5.82 Å². The first-order valence-electron chi connectivity index (χ1n) is 5.92. The summed E-state index contributed by atoms with van der Waals surface area (Å²) in [5, 5.41) is 7.03. The first kappa shape index (κ1) is 13.8. The molecule has 1 aromatic carbocycles. The second kappa shape index (κ2) is 6.54. The lowest BCUT2D eigenvalue weighted by Crippen LogP contribution is -2.11. The Balaban J connectivity index is 1.95. The quantitative estimate of drug-likeness (QED) is 0.885. The molecule has 19 heavy (non-hydrogen) atoms. The number of benzene rings is 1. The molecule has 0 amide bonds. The minimum Gasteiger partial charge on any atom is -0.482 e. The van der Waals surface area contributed by atoms with Crippen molar-refractivity contribution in [2.75, 3.05) is 6.54 Å². The third-order valence-corrected chi connectivity index (χ3v) is 2.74. The molecule has 6 heteroatoms. The maximum absolute atomic E-state index is 13.6. The Hall–Kier alpha value is -1.59. The van der Waals surface area contributed by atoms with Gasteiger partial charge >= 0.3 is 0 Å². The number of hydrogen-bond acceptors (Lipinski definition) is 4. The summed E-state index contributed by atoms with van der Waals surface area (Å²) in [6.45, 7) is 3.60. The van der Waals surface area contributed by atoms with E-state index in [4.69, 9.17) is 20.9 Å². The Morgan fingerprint density at radius 2 is 2.32 bits per heavy atom. The van der Waals surface area contributed by atoms with E-state index in [1.54, 1.807) is 12.1 Å². The van der Waals surface area contributed by atoms with Gasteiger partial charge in [0.2, 0.25) is 0 Å². The minimum atomic E-state index is -0.573. The van der Waals surface area contributed by atoms with Crippen LogP contribution < -0.4 is 10.1 Å². The molecule has 2 aromatic rings. The Morgan fingerprint density at radius 1 is 1.47 bits per heavy atom. The van der Waals surface area contributed by atoms with Gasteiger partial charge in [-0.15, -0.1) is 0 Å². The lowest BCUT2D eigenvalue weighted by molar-refractivity contribution is 0.239. The number of nitrogens with one attached hydrogen (secondary N) is 1. The molecule has 0 atom stereocenters. The van der Waals surface area contributed by atoms with E-state index in [0.717, 1.165) is 12.2 Å². The Morgan fingerprint density at radius 3 is 3.11 bits per heavy atom. The maximum Gasteiger partial charge on any atom is 0.183 e. The van der Waals surface area contributed by atoms with Gasteiger partial charge in [-0.2, -0.15) is 0 Å². The van der Waals surface area contributed by atoms with Gasteiger partial charge in [0.25, 0.3) is 0 Å². The number of ether oxygens (including phenoxy) is 1. The van der Waals surface area contributed by atoms with E-state index >= 15 is 0 Å². The highest BCUT2D eigenvalue weighted by atomic mass is 35.5. The fraction of sp³-hybridized carbons (Fsp3) is 0.308. The van der Waals surface area contributed by atoms with Crippen molar-refractivity contribution in [3.63, 3.8) is 0 Å². The van der Waals surface area contributed by atoms with Crippen LogP contribution in [0.3, 0.4) is 0 Å². The molecule has 0 bridgehead atoms. The molecule has 1 aromatic heterocycles. The summed E-state index contributed by atoms with van der Waals surface area (Å²) in [6.07, 6.45) is 0. The molecular formula is C13H14ClFN2O2. The number of hydrogen-bond donors (Lipinski definition) is 1. The number of halogens is 2. The van der Waals surface area contributed by atoms with Crippen molar-refractivity contribution in [2.45, 2.75) is 20.1 Å². The van der Waals surface area contributed by atoms with Gasteiger partial charge in [0.15, 0.2) is 17.3 Å². The summed E-state index contributed by atoms with van der Waals surface area (Å²) in [7, 11) is 0. The van der Waals surface area contributed by atoms with E-state index in [9.17, 15) is 4.39 Å². The van der Waals surface area contributed by atoms with Crippen LogP contribution in [0.25, 0.3) is 0 Å². The van der Waals surface area contributed by atoms with Gasteiger partial charge in [-0.1, -0.05) is 29.7 Å². The highest BCUT2D eigenvalue weighted by Crippen LogP contribution is 2.24. The van der Waals surface area contributed by atoms with E-state index in [1.165, 1.54) is 12.1 Å². The summed E-state index contributed by atoms with van der Waals surface area (Å²) in [5.41, 5.74) is 0.784. The Kier molecular flexibility index (Phi) is 4.76. The third kappa shape index (κ3) is 3.68. The van der Waals surface area contributed by atoms with Crippen LogP contribution in [0.2, 0.25) is 5.02 Å². The van der Waals surface area contributed by atoms with Crippen molar-refractivity contribution in [3.8, 4) is 5.75 Å². The normalized spacial score (nSPS) is 10.7. The lowest BCUT2D eigenvalue weighted by Gasteiger charge is -2.05. The predicted molar refractivity (Wildman–Crippen MR) is 69.6 cm³/mol. The first-order valence-corrected chi connectivity index (χ1v) is 6.30. The van der Waals surface area contributed by atoms with Crippen molar-refractivity contribution in [1.82, 2.24) is 10.5 Å². The van der Waals surface area contributed by atoms with Gasteiger partial charge in [-0.05, 0) is 18.7 Å². The largest absolute Gasteiger partial charge is 0.482 e. The molecule has 4 nitrogen and oxygen atoms in total. The predicted octanol–water partition coefficient (Wildman–Crippen LogP) is 3.16. The van der Waals surface area contributed by atoms with Gasteiger partial charge in [0, 0.05) is 12.6 Å². The summed E-state index contributed by atoms with van der Waals surface area (Å²) in [4.78, 5) is 0. The molecule has 0 aliphatic rings. The Bertz CT molecular complexity index is 545. The van der Waals surface area contributed by atoms with Crippen LogP contribution in [-0.4, -0.2) is 11.7 Å². The zero-order chi connectivity index (χ0) is 13.7. The smallest absolute Gasteiger partial charge is 0.183 e. The van der Waals surface area contributed by atoms with Crippen LogP contribution in [0.1, 0.15) is 18.4 Å². The average Bonchev–Trinajstić information content (AvgIpc) is 2.86. The summed E-state index contributed by atoms with van der Waals surface area (Å²) < 4.78 is 24.0. The fourth-order valence-corrected chi connectivity index (χ4v) is 1.67. The second-order valence-electron chi connectivity index (χ2n) is 3.91. The monoisotopic (exact) mass is 284 g/mol. The number of rotatable bonds is 6. The van der Waals surface area contributed by atoms with Gasteiger partial charge in [0.05, 0.1) is 10.7 Å². The molecule has 1 heterocycles. The summed E-state index contributed by atoms with van der Waals surface area (Å²) in [6, 6.07) is 6.37. The average molecular weight is 285 g/mol. The van der Waals surface area contributed by atoms with Crippen molar-refractivity contribution in [2.24, 2.45) is 0 Å². The van der Waals surface area contributed by atoms with Crippen molar-refractivity contribution >= 4 is 11.6 Å². The maximum atomic E-state index is 13.6. The van der Waals surface area contributed by atoms with E-state index < -0.39 is 5.82 Å². The molecule has 0 saturated carbocycles. The number of nitrogens with zero attached hydrogens (tertiary/aromatic N) is 1. The molecule has 0 fully saturated rings. The van der Waals surface area contributed by atoms with Crippen molar-refractivity contribution in [3.05, 3.63) is 46.6 Å². The second-order valence-corrected chi connectivity index (χ2v) is 4.31. The molecular weight excluding hydrogens is 271 g/mol. The van der Waals surface area contributed by atoms with Gasteiger partial charge in [0.1, 0.15) is 6.61 Å². The zero-order valence-electron chi connectivity index (χ0n) is 10.5. The highest BCUT2D eigenvalue weighted by molar-refractivity contribution is 6.30. The lowest BCUT2D eigenvalue weighted by atomic mass is 10.3. The summed E-state index contributed by atoms with van der Waals surface area (Å²) in [5.74, 6) is 0.0565. The van der Waals surface area contributed by atoms with Gasteiger partial charge in [-0.3, -0.25) is 0 Å². The standard InChI is InChI=1S/C13H14ClFN2O2/c1-2-16-7-9-6-10(19-17-9)8-18-12-5-3-4-11(14)13(12)15/h3-6,16H,2,7-8H2,1H3. The molecule has 1 N–H and O–H groups in total. The SMILES string of the molecule is CCNCc1cc(COc2cccc(Cl)c2F)on1. The molecule has 0 aliphatic heterocycles. The van der Waals surface area contributed by atoms with Crippen LogP contribution in [0.5, 0.6) is 5.75 Å². The van der Waals surface area contributed by atoms with E-state index in [2.05, 4.69) is 10.5 Å². The Labute approximate surface area is 115 Å². The van der Waals surface area contributed by atoms with Crippen LogP contribution >= 0.6 is 11.6 Å². The van der Waals surface area contributed by atoms with Gasteiger partial charge < -0.3 is 14.6 Å². The number of aromatic nitrogens is 1. The molecule has 2 rings (SSSR count).